The van der Waals surface area contributed by atoms with Crippen LogP contribution in [0.3, 0.4) is 0 Å². The summed E-state index contributed by atoms with van der Waals surface area (Å²) >= 11 is 1.73. The van der Waals surface area contributed by atoms with E-state index in [4.69, 9.17) is 0 Å². The van der Waals surface area contributed by atoms with E-state index in [-0.39, 0.29) is 6.10 Å². The van der Waals surface area contributed by atoms with Gasteiger partial charge in [-0.3, -0.25) is 0 Å². The maximum Gasteiger partial charge on any atom is 0.0727 e. The molecule has 0 aliphatic heterocycles. The fourth-order valence-electron chi connectivity index (χ4n) is 1.74. The van der Waals surface area contributed by atoms with Crippen LogP contribution in [-0.2, 0) is 0 Å². The van der Waals surface area contributed by atoms with E-state index in [1.165, 1.54) is 29.7 Å². The predicted octanol–water partition coefficient (Wildman–Crippen LogP) is 4.48. The normalized spacial score (nSPS) is 14.1. The molecule has 1 rings (SSSR count). The molecule has 1 heterocycles. The number of thiophene rings is 1. The SMILES string of the molecule is CCCCCC[C@H](O)/C=C(\C)c1cccs1. The lowest BCUT2D eigenvalue weighted by molar-refractivity contribution is 0.208. The summed E-state index contributed by atoms with van der Waals surface area (Å²) < 4.78 is 0. The predicted molar refractivity (Wildman–Crippen MR) is 72.7 cm³/mol. The Morgan fingerprint density at radius 1 is 1.44 bits per heavy atom. The van der Waals surface area contributed by atoms with Crippen LogP contribution in [0.4, 0.5) is 0 Å². The summed E-state index contributed by atoms with van der Waals surface area (Å²) in [7, 11) is 0. The molecule has 16 heavy (non-hydrogen) atoms. The van der Waals surface area contributed by atoms with Crippen molar-refractivity contribution in [2.24, 2.45) is 0 Å². The lowest BCUT2D eigenvalue weighted by Gasteiger charge is -2.06. The molecule has 1 aromatic rings. The van der Waals surface area contributed by atoms with Crippen molar-refractivity contribution in [3.05, 3.63) is 28.5 Å². The van der Waals surface area contributed by atoms with Crippen molar-refractivity contribution in [2.45, 2.75) is 52.1 Å². The maximum atomic E-state index is 9.85. The molecule has 0 spiro atoms. The molecule has 0 unspecified atom stereocenters. The van der Waals surface area contributed by atoms with Crippen LogP contribution in [0, 0.1) is 0 Å². The molecular formula is C14H22OS. The second-order valence-corrected chi connectivity index (χ2v) is 5.19. The van der Waals surface area contributed by atoms with Gasteiger partial charge < -0.3 is 5.11 Å². The number of unbranched alkanes of at least 4 members (excludes halogenated alkanes) is 3. The Morgan fingerprint density at radius 2 is 2.25 bits per heavy atom. The van der Waals surface area contributed by atoms with Crippen LogP contribution in [0.5, 0.6) is 0 Å². The number of allylic oxidation sites excluding steroid dienone is 1. The van der Waals surface area contributed by atoms with Gasteiger partial charge in [0.2, 0.25) is 0 Å². The first-order valence-electron chi connectivity index (χ1n) is 6.14. The van der Waals surface area contributed by atoms with E-state index in [2.05, 4.69) is 25.3 Å². The monoisotopic (exact) mass is 238 g/mol. The minimum absolute atomic E-state index is 0.279. The number of rotatable bonds is 7. The molecule has 0 fully saturated rings. The van der Waals surface area contributed by atoms with Crippen LogP contribution < -0.4 is 0 Å². The van der Waals surface area contributed by atoms with E-state index in [1.807, 2.05) is 12.1 Å². The second kappa shape index (κ2) is 7.64. The van der Waals surface area contributed by atoms with Crippen LogP contribution in [0.1, 0.15) is 50.8 Å². The van der Waals surface area contributed by atoms with Crippen molar-refractivity contribution in [2.75, 3.05) is 0 Å². The number of aliphatic hydroxyl groups is 1. The molecule has 1 atom stereocenters. The molecule has 2 heteroatoms. The van der Waals surface area contributed by atoms with Crippen LogP contribution in [0.15, 0.2) is 23.6 Å². The van der Waals surface area contributed by atoms with E-state index in [9.17, 15) is 5.11 Å². The van der Waals surface area contributed by atoms with Gasteiger partial charge >= 0.3 is 0 Å². The van der Waals surface area contributed by atoms with E-state index >= 15 is 0 Å². The van der Waals surface area contributed by atoms with Crippen LogP contribution in [0.25, 0.3) is 5.57 Å². The zero-order valence-electron chi connectivity index (χ0n) is 10.3. The highest BCUT2D eigenvalue weighted by atomic mass is 32.1. The van der Waals surface area contributed by atoms with Crippen LogP contribution in [-0.4, -0.2) is 11.2 Å². The molecule has 1 N–H and O–H groups in total. The van der Waals surface area contributed by atoms with Gasteiger partial charge in [0.15, 0.2) is 0 Å². The van der Waals surface area contributed by atoms with Gasteiger partial charge in [-0.2, -0.15) is 0 Å². The van der Waals surface area contributed by atoms with E-state index in [1.54, 1.807) is 11.3 Å². The van der Waals surface area contributed by atoms with Gasteiger partial charge in [-0.15, -0.1) is 11.3 Å². The number of aliphatic hydroxyl groups excluding tert-OH is 1. The van der Waals surface area contributed by atoms with Gasteiger partial charge in [0.1, 0.15) is 0 Å². The average molecular weight is 238 g/mol. The quantitative estimate of drug-likeness (QED) is 0.694. The summed E-state index contributed by atoms with van der Waals surface area (Å²) in [6.07, 6.45) is 7.49. The topological polar surface area (TPSA) is 20.2 Å². The Morgan fingerprint density at radius 3 is 2.88 bits per heavy atom. The number of hydrogen-bond acceptors (Lipinski definition) is 2. The molecule has 1 nitrogen and oxygen atoms in total. The van der Waals surface area contributed by atoms with Crippen molar-refractivity contribution in [3.63, 3.8) is 0 Å². The minimum atomic E-state index is -0.279. The largest absolute Gasteiger partial charge is 0.389 e. The molecule has 0 saturated heterocycles. The Balaban J connectivity index is 2.32. The van der Waals surface area contributed by atoms with Crippen molar-refractivity contribution in [1.82, 2.24) is 0 Å². The van der Waals surface area contributed by atoms with Crippen molar-refractivity contribution in [3.8, 4) is 0 Å². The van der Waals surface area contributed by atoms with Gasteiger partial charge in [-0.25, -0.2) is 0 Å². The van der Waals surface area contributed by atoms with Gasteiger partial charge in [0, 0.05) is 4.88 Å². The van der Waals surface area contributed by atoms with E-state index < -0.39 is 0 Å². The molecule has 0 aliphatic rings. The van der Waals surface area contributed by atoms with Gasteiger partial charge in [-0.1, -0.05) is 44.7 Å². The summed E-state index contributed by atoms with van der Waals surface area (Å²) in [5, 5.41) is 11.9. The zero-order chi connectivity index (χ0) is 11.8. The summed E-state index contributed by atoms with van der Waals surface area (Å²) in [5.41, 5.74) is 1.19. The highest BCUT2D eigenvalue weighted by Crippen LogP contribution is 2.20. The van der Waals surface area contributed by atoms with Gasteiger partial charge in [0.05, 0.1) is 6.10 Å². The first-order valence-corrected chi connectivity index (χ1v) is 7.02. The summed E-state index contributed by atoms with van der Waals surface area (Å²) in [4.78, 5) is 1.26. The van der Waals surface area contributed by atoms with Crippen molar-refractivity contribution >= 4 is 16.9 Å². The Kier molecular flexibility index (Phi) is 6.43. The fourth-order valence-corrected chi connectivity index (χ4v) is 2.45. The first-order chi connectivity index (χ1) is 7.74. The molecule has 0 radical (unpaired) electrons. The van der Waals surface area contributed by atoms with Gasteiger partial charge in [-0.05, 0) is 30.4 Å². The fraction of sp³-hybridized carbons (Fsp3) is 0.571. The molecule has 90 valence electrons. The third-order valence-corrected chi connectivity index (χ3v) is 3.71. The molecule has 0 amide bonds. The summed E-state index contributed by atoms with van der Waals surface area (Å²) in [5.74, 6) is 0. The lowest BCUT2D eigenvalue weighted by atomic mass is 10.1. The summed E-state index contributed by atoms with van der Waals surface area (Å²) in [6.45, 7) is 4.28. The molecular weight excluding hydrogens is 216 g/mol. The zero-order valence-corrected chi connectivity index (χ0v) is 11.1. The molecule has 0 saturated carbocycles. The molecule has 0 aromatic carbocycles. The minimum Gasteiger partial charge on any atom is -0.389 e. The van der Waals surface area contributed by atoms with E-state index in [0.717, 1.165) is 12.8 Å². The Hall–Kier alpha value is -0.600. The lowest BCUT2D eigenvalue weighted by Crippen LogP contribution is -2.02. The van der Waals surface area contributed by atoms with Crippen molar-refractivity contribution in [1.29, 1.82) is 0 Å². The maximum absolute atomic E-state index is 9.85. The average Bonchev–Trinajstić information content (AvgIpc) is 2.77. The van der Waals surface area contributed by atoms with Crippen molar-refractivity contribution < 1.29 is 5.11 Å². The number of hydrogen-bond donors (Lipinski definition) is 1. The standard InChI is InChI=1S/C14H22OS/c1-3-4-5-6-8-13(15)11-12(2)14-9-7-10-16-14/h7,9-11,13,15H,3-6,8H2,1-2H3/b12-11+/t13-/m0/s1. The Bertz CT molecular complexity index is 301. The van der Waals surface area contributed by atoms with E-state index in [0.29, 0.717) is 0 Å². The highest BCUT2D eigenvalue weighted by molar-refractivity contribution is 7.11. The van der Waals surface area contributed by atoms with Crippen LogP contribution in [0.2, 0.25) is 0 Å². The smallest absolute Gasteiger partial charge is 0.0727 e. The molecule has 0 aliphatic carbocycles. The Labute approximate surface area is 103 Å². The third kappa shape index (κ3) is 4.95. The summed E-state index contributed by atoms with van der Waals surface area (Å²) in [6, 6.07) is 4.14. The van der Waals surface area contributed by atoms with Gasteiger partial charge in [0.25, 0.3) is 0 Å². The first kappa shape index (κ1) is 13.5. The third-order valence-electron chi connectivity index (χ3n) is 2.71. The van der Waals surface area contributed by atoms with Crippen LogP contribution >= 0.6 is 11.3 Å². The second-order valence-electron chi connectivity index (χ2n) is 4.24. The molecule has 1 aromatic heterocycles. The molecule has 0 bridgehead atoms. The highest BCUT2D eigenvalue weighted by Gasteiger charge is 2.02.